The van der Waals surface area contributed by atoms with E-state index in [1.54, 1.807) is 31.2 Å². The molecule has 1 aliphatic heterocycles. The summed E-state index contributed by atoms with van der Waals surface area (Å²) in [4.78, 5) is 25.1. The minimum atomic E-state index is -3.36. The molecule has 2 rings (SSSR count). The van der Waals surface area contributed by atoms with Gasteiger partial charge < -0.3 is 15.3 Å². The highest BCUT2D eigenvalue weighted by atomic mass is 32.2. The maximum Gasteiger partial charge on any atom is 0.321 e. The Kier molecular flexibility index (Phi) is 6.47. The first-order valence-electron chi connectivity index (χ1n) is 8.59. The third-order valence-corrected chi connectivity index (χ3v) is 5.67. The van der Waals surface area contributed by atoms with Crippen LogP contribution in [0.2, 0.25) is 0 Å². The lowest BCUT2D eigenvalue weighted by Gasteiger charge is -2.34. The summed E-state index contributed by atoms with van der Waals surface area (Å²) in [5.74, 6) is -1.28. The summed E-state index contributed by atoms with van der Waals surface area (Å²) >= 11 is 0. The minimum Gasteiger partial charge on any atom is -0.481 e. The SMILES string of the molecule is CCCS(=O)(=O)Nc1ccc(NC(=O)N2CC(C)CC(C(=O)O)C2)cc1. The molecule has 2 amide bonds. The summed E-state index contributed by atoms with van der Waals surface area (Å²) in [5, 5.41) is 11.9. The molecule has 1 aliphatic rings. The second-order valence-electron chi connectivity index (χ2n) is 6.71. The molecule has 9 heteroatoms. The summed E-state index contributed by atoms with van der Waals surface area (Å²) in [6.45, 7) is 4.39. The third-order valence-electron chi connectivity index (χ3n) is 4.18. The zero-order valence-corrected chi connectivity index (χ0v) is 15.8. The van der Waals surface area contributed by atoms with Crippen LogP contribution in [0.4, 0.5) is 16.2 Å². The van der Waals surface area contributed by atoms with Crippen molar-refractivity contribution in [3.63, 3.8) is 0 Å². The van der Waals surface area contributed by atoms with Crippen molar-refractivity contribution in [2.45, 2.75) is 26.7 Å². The van der Waals surface area contributed by atoms with Crippen molar-refractivity contribution in [1.82, 2.24) is 4.90 Å². The molecule has 0 bridgehead atoms. The fourth-order valence-corrected chi connectivity index (χ4v) is 4.15. The van der Waals surface area contributed by atoms with E-state index in [9.17, 15) is 23.1 Å². The quantitative estimate of drug-likeness (QED) is 0.698. The van der Waals surface area contributed by atoms with Gasteiger partial charge in [0.05, 0.1) is 11.7 Å². The molecule has 1 fully saturated rings. The van der Waals surface area contributed by atoms with Crippen molar-refractivity contribution in [3.8, 4) is 0 Å². The smallest absolute Gasteiger partial charge is 0.321 e. The van der Waals surface area contributed by atoms with Crippen molar-refractivity contribution in [1.29, 1.82) is 0 Å². The number of carbonyl (C=O) groups excluding carboxylic acids is 1. The highest BCUT2D eigenvalue weighted by Gasteiger charge is 2.31. The van der Waals surface area contributed by atoms with Gasteiger partial charge in [0, 0.05) is 24.5 Å². The van der Waals surface area contributed by atoms with E-state index >= 15 is 0 Å². The number of nitrogens with zero attached hydrogens (tertiary/aromatic N) is 1. The molecule has 0 spiro atoms. The standard InChI is InChI=1S/C17H25N3O5S/c1-3-8-26(24,25)19-15-6-4-14(5-7-15)18-17(23)20-10-12(2)9-13(11-20)16(21)22/h4-7,12-13,19H,3,8-11H2,1-2H3,(H,18,23)(H,21,22). The molecule has 0 aliphatic carbocycles. The number of hydrogen-bond acceptors (Lipinski definition) is 4. The lowest BCUT2D eigenvalue weighted by molar-refractivity contribution is -0.143. The van der Waals surface area contributed by atoms with E-state index in [0.717, 1.165) is 0 Å². The zero-order chi connectivity index (χ0) is 19.3. The van der Waals surface area contributed by atoms with Crippen molar-refractivity contribution < 1.29 is 23.1 Å². The number of sulfonamides is 1. The molecular weight excluding hydrogens is 358 g/mol. The van der Waals surface area contributed by atoms with Gasteiger partial charge in [-0.3, -0.25) is 9.52 Å². The fourth-order valence-electron chi connectivity index (χ4n) is 3.02. The van der Waals surface area contributed by atoms with E-state index in [1.807, 2.05) is 6.92 Å². The maximum atomic E-state index is 12.4. The normalized spacial score (nSPS) is 20.5. The van der Waals surface area contributed by atoms with Crippen LogP contribution in [0.1, 0.15) is 26.7 Å². The van der Waals surface area contributed by atoms with Gasteiger partial charge in [0.25, 0.3) is 0 Å². The third kappa shape index (κ3) is 5.62. The van der Waals surface area contributed by atoms with Gasteiger partial charge in [0.2, 0.25) is 10.0 Å². The molecule has 144 valence electrons. The van der Waals surface area contributed by atoms with Gasteiger partial charge >= 0.3 is 12.0 Å². The maximum absolute atomic E-state index is 12.4. The van der Waals surface area contributed by atoms with Crippen LogP contribution in [0.5, 0.6) is 0 Å². The largest absolute Gasteiger partial charge is 0.481 e. The minimum absolute atomic E-state index is 0.0450. The number of carboxylic acid groups (broad SMARTS) is 1. The molecule has 3 N–H and O–H groups in total. The van der Waals surface area contributed by atoms with Gasteiger partial charge in [0.1, 0.15) is 0 Å². The van der Waals surface area contributed by atoms with Crippen molar-refractivity contribution in [2.75, 3.05) is 28.9 Å². The van der Waals surface area contributed by atoms with Crippen LogP contribution in [0.3, 0.4) is 0 Å². The Bertz CT molecular complexity index is 748. The number of anilines is 2. The van der Waals surface area contributed by atoms with Crippen molar-refractivity contribution in [2.24, 2.45) is 11.8 Å². The average Bonchev–Trinajstić information content (AvgIpc) is 2.55. The summed E-state index contributed by atoms with van der Waals surface area (Å²) in [7, 11) is -3.36. The van der Waals surface area contributed by atoms with E-state index in [4.69, 9.17) is 0 Å². The lowest BCUT2D eigenvalue weighted by Crippen LogP contribution is -2.47. The topological polar surface area (TPSA) is 116 Å². The number of likely N-dealkylation sites (tertiary alicyclic amines) is 1. The van der Waals surface area contributed by atoms with Crippen LogP contribution in [0, 0.1) is 11.8 Å². The summed E-state index contributed by atoms with van der Waals surface area (Å²) in [6, 6.07) is 5.99. The van der Waals surface area contributed by atoms with Crippen LogP contribution in [0.15, 0.2) is 24.3 Å². The number of hydrogen-bond donors (Lipinski definition) is 3. The van der Waals surface area contributed by atoms with Gasteiger partial charge in [0.15, 0.2) is 0 Å². The van der Waals surface area contributed by atoms with Crippen LogP contribution in [-0.2, 0) is 14.8 Å². The van der Waals surface area contributed by atoms with Crippen LogP contribution >= 0.6 is 0 Å². The van der Waals surface area contributed by atoms with E-state index in [1.165, 1.54) is 4.90 Å². The van der Waals surface area contributed by atoms with Crippen LogP contribution in [0.25, 0.3) is 0 Å². The van der Waals surface area contributed by atoms with E-state index in [2.05, 4.69) is 10.0 Å². The number of benzene rings is 1. The van der Waals surface area contributed by atoms with Gasteiger partial charge in [-0.1, -0.05) is 13.8 Å². The summed E-state index contributed by atoms with van der Waals surface area (Å²) in [6.07, 6.45) is 1.08. The number of amides is 2. The zero-order valence-electron chi connectivity index (χ0n) is 14.9. The van der Waals surface area contributed by atoms with Gasteiger partial charge in [-0.25, -0.2) is 13.2 Å². The Balaban J connectivity index is 1.98. The number of rotatable bonds is 6. The highest BCUT2D eigenvalue weighted by molar-refractivity contribution is 7.92. The number of aliphatic carboxylic acids is 1. The first-order valence-corrected chi connectivity index (χ1v) is 10.2. The fraction of sp³-hybridized carbons (Fsp3) is 0.529. The Morgan fingerprint density at radius 1 is 1.19 bits per heavy atom. The molecule has 0 saturated carbocycles. The molecule has 26 heavy (non-hydrogen) atoms. The molecule has 0 aromatic heterocycles. The molecule has 0 radical (unpaired) electrons. The first-order chi connectivity index (χ1) is 12.2. The molecule has 1 aromatic carbocycles. The predicted octanol–water partition coefficient (Wildman–Crippen LogP) is 2.41. The van der Waals surface area contributed by atoms with Crippen LogP contribution < -0.4 is 10.0 Å². The van der Waals surface area contributed by atoms with E-state index in [-0.39, 0.29) is 24.2 Å². The van der Waals surface area contributed by atoms with Gasteiger partial charge in [-0.2, -0.15) is 0 Å². The first kappa shape index (κ1) is 20.0. The predicted molar refractivity (Wildman–Crippen MR) is 99.6 cm³/mol. The molecular formula is C17H25N3O5S. The van der Waals surface area contributed by atoms with E-state index < -0.39 is 21.9 Å². The van der Waals surface area contributed by atoms with Crippen molar-refractivity contribution in [3.05, 3.63) is 24.3 Å². The van der Waals surface area contributed by atoms with Crippen molar-refractivity contribution >= 4 is 33.4 Å². The summed E-state index contributed by atoms with van der Waals surface area (Å²) < 4.78 is 26.0. The van der Waals surface area contributed by atoms with E-state index in [0.29, 0.717) is 30.8 Å². The van der Waals surface area contributed by atoms with Gasteiger partial charge in [-0.15, -0.1) is 0 Å². The Morgan fingerprint density at radius 3 is 2.38 bits per heavy atom. The number of nitrogens with one attached hydrogen (secondary N) is 2. The number of carboxylic acids is 1. The molecule has 1 aromatic rings. The van der Waals surface area contributed by atoms with Crippen LogP contribution in [-0.4, -0.2) is 49.3 Å². The average molecular weight is 383 g/mol. The number of piperidine rings is 1. The molecule has 1 saturated heterocycles. The molecule has 1 heterocycles. The molecule has 2 unspecified atom stereocenters. The molecule has 2 atom stereocenters. The highest BCUT2D eigenvalue weighted by Crippen LogP contribution is 2.23. The lowest BCUT2D eigenvalue weighted by atomic mass is 9.91. The monoisotopic (exact) mass is 383 g/mol. The number of urea groups is 1. The number of carbonyl (C=O) groups is 2. The Morgan fingerprint density at radius 2 is 1.81 bits per heavy atom. The summed E-state index contributed by atoms with van der Waals surface area (Å²) in [5.41, 5.74) is 0.938. The van der Waals surface area contributed by atoms with Gasteiger partial charge in [-0.05, 0) is 43.0 Å². The Hall–Kier alpha value is -2.29. The second kappa shape index (κ2) is 8.39. The second-order valence-corrected chi connectivity index (χ2v) is 8.55. The molecule has 8 nitrogen and oxygen atoms in total. The Labute approximate surface area is 153 Å².